The number of anilines is 1. The highest BCUT2D eigenvalue weighted by molar-refractivity contribution is 6.33. The van der Waals surface area contributed by atoms with Gasteiger partial charge in [-0.05, 0) is 23.8 Å². The molecule has 25 heavy (non-hydrogen) atoms. The first-order chi connectivity index (χ1) is 12.1. The van der Waals surface area contributed by atoms with Crippen LogP contribution in [0, 0.1) is 0 Å². The van der Waals surface area contributed by atoms with E-state index in [0.717, 1.165) is 5.56 Å². The SMILES string of the molecule is COc1ccc(Cl)cc1C(=O)Nc1nn(Cc2ccccc2)cc1Cl. The Kier molecular flexibility index (Phi) is 5.26. The second-order valence-electron chi connectivity index (χ2n) is 5.31. The number of aromatic nitrogens is 2. The van der Waals surface area contributed by atoms with Gasteiger partial charge in [0.05, 0.1) is 19.2 Å². The molecule has 3 aromatic rings. The molecule has 0 unspecified atom stereocenters. The van der Waals surface area contributed by atoms with Crippen LogP contribution >= 0.6 is 23.2 Å². The van der Waals surface area contributed by atoms with Gasteiger partial charge in [0, 0.05) is 11.2 Å². The van der Waals surface area contributed by atoms with Crippen LogP contribution in [0.25, 0.3) is 0 Å². The molecule has 2 aromatic carbocycles. The maximum Gasteiger partial charge on any atom is 0.260 e. The molecule has 1 heterocycles. The maximum absolute atomic E-state index is 12.5. The number of rotatable bonds is 5. The van der Waals surface area contributed by atoms with Crippen LogP contribution in [-0.4, -0.2) is 22.8 Å². The second-order valence-corrected chi connectivity index (χ2v) is 6.15. The molecular formula is C18H15Cl2N3O2. The van der Waals surface area contributed by atoms with E-state index in [-0.39, 0.29) is 5.82 Å². The minimum atomic E-state index is -0.397. The molecule has 0 bridgehead atoms. The predicted molar refractivity (Wildman–Crippen MR) is 98.7 cm³/mol. The van der Waals surface area contributed by atoms with Gasteiger partial charge in [0.1, 0.15) is 10.8 Å². The highest BCUT2D eigenvalue weighted by Crippen LogP contribution is 2.25. The Morgan fingerprint density at radius 2 is 1.96 bits per heavy atom. The molecule has 0 saturated heterocycles. The van der Waals surface area contributed by atoms with E-state index >= 15 is 0 Å². The Labute approximate surface area is 155 Å². The summed E-state index contributed by atoms with van der Waals surface area (Å²) >= 11 is 12.2. The number of halogens is 2. The summed E-state index contributed by atoms with van der Waals surface area (Å²) in [4.78, 5) is 12.5. The van der Waals surface area contributed by atoms with Crippen molar-refractivity contribution in [3.8, 4) is 5.75 Å². The van der Waals surface area contributed by atoms with Gasteiger partial charge in [0.15, 0.2) is 5.82 Å². The third-order valence-electron chi connectivity index (χ3n) is 3.54. The number of hydrogen-bond acceptors (Lipinski definition) is 3. The molecule has 128 valence electrons. The van der Waals surface area contributed by atoms with Gasteiger partial charge in [0.25, 0.3) is 5.91 Å². The van der Waals surface area contributed by atoms with Crippen molar-refractivity contribution in [3.05, 3.63) is 75.9 Å². The van der Waals surface area contributed by atoms with Crippen LogP contribution in [0.5, 0.6) is 5.75 Å². The molecule has 1 N–H and O–H groups in total. The summed E-state index contributed by atoms with van der Waals surface area (Å²) in [5.74, 6) is 0.303. The van der Waals surface area contributed by atoms with Crippen molar-refractivity contribution in [2.75, 3.05) is 12.4 Å². The van der Waals surface area contributed by atoms with Crippen molar-refractivity contribution in [1.29, 1.82) is 0 Å². The number of nitrogens with one attached hydrogen (secondary N) is 1. The lowest BCUT2D eigenvalue weighted by atomic mass is 10.2. The van der Waals surface area contributed by atoms with Gasteiger partial charge in [-0.1, -0.05) is 53.5 Å². The number of amides is 1. The van der Waals surface area contributed by atoms with Gasteiger partial charge in [-0.3, -0.25) is 9.48 Å². The van der Waals surface area contributed by atoms with Gasteiger partial charge < -0.3 is 10.1 Å². The smallest absolute Gasteiger partial charge is 0.260 e. The molecule has 1 aromatic heterocycles. The minimum Gasteiger partial charge on any atom is -0.496 e. The van der Waals surface area contributed by atoms with Crippen LogP contribution in [0.2, 0.25) is 10.0 Å². The monoisotopic (exact) mass is 375 g/mol. The summed E-state index contributed by atoms with van der Waals surface area (Å²) < 4.78 is 6.86. The maximum atomic E-state index is 12.5. The Balaban J connectivity index is 1.79. The van der Waals surface area contributed by atoms with E-state index in [4.69, 9.17) is 27.9 Å². The van der Waals surface area contributed by atoms with E-state index in [9.17, 15) is 4.79 Å². The summed E-state index contributed by atoms with van der Waals surface area (Å²) in [7, 11) is 1.49. The average Bonchev–Trinajstić information content (AvgIpc) is 2.94. The quantitative estimate of drug-likeness (QED) is 0.714. The Hall–Kier alpha value is -2.50. The number of ether oxygens (including phenoxy) is 1. The zero-order valence-electron chi connectivity index (χ0n) is 13.4. The van der Waals surface area contributed by atoms with E-state index in [2.05, 4.69) is 10.4 Å². The van der Waals surface area contributed by atoms with Gasteiger partial charge in [0.2, 0.25) is 0 Å². The van der Waals surface area contributed by atoms with Crippen LogP contribution in [0.4, 0.5) is 5.82 Å². The third kappa shape index (κ3) is 4.13. The van der Waals surface area contributed by atoms with Crippen LogP contribution in [0.3, 0.4) is 0 Å². The minimum absolute atomic E-state index is 0.282. The first kappa shape index (κ1) is 17.3. The van der Waals surface area contributed by atoms with Crippen molar-refractivity contribution >= 4 is 34.9 Å². The fourth-order valence-corrected chi connectivity index (χ4v) is 2.74. The molecule has 0 atom stereocenters. The second kappa shape index (κ2) is 7.59. The molecule has 0 radical (unpaired) electrons. The summed E-state index contributed by atoms with van der Waals surface area (Å²) in [6.45, 7) is 0.552. The zero-order valence-corrected chi connectivity index (χ0v) is 14.9. The molecule has 0 spiro atoms. The Bertz CT molecular complexity index is 895. The zero-order chi connectivity index (χ0) is 17.8. The summed E-state index contributed by atoms with van der Waals surface area (Å²) in [6.07, 6.45) is 1.67. The number of carbonyl (C=O) groups is 1. The highest BCUT2D eigenvalue weighted by atomic mass is 35.5. The highest BCUT2D eigenvalue weighted by Gasteiger charge is 2.16. The summed E-state index contributed by atoms with van der Waals surface area (Å²) in [5, 5.41) is 7.81. The fraction of sp³-hybridized carbons (Fsp3) is 0.111. The van der Waals surface area contributed by atoms with Gasteiger partial charge in [-0.25, -0.2) is 0 Å². The number of nitrogens with zero attached hydrogens (tertiary/aromatic N) is 2. The third-order valence-corrected chi connectivity index (χ3v) is 4.05. The van der Waals surface area contributed by atoms with Crippen molar-refractivity contribution in [1.82, 2.24) is 9.78 Å². The lowest BCUT2D eigenvalue weighted by Gasteiger charge is -2.08. The van der Waals surface area contributed by atoms with E-state index in [1.807, 2.05) is 30.3 Å². The first-order valence-electron chi connectivity index (χ1n) is 7.48. The topological polar surface area (TPSA) is 56.1 Å². The lowest BCUT2D eigenvalue weighted by Crippen LogP contribution is -2.14. The number of benzene rings is 2. The van der Waals surface area contributed by atoms with Crippen molar-refractivity contribution in [3.63, 3.8) is 0 Å². The normalized spacial score (nSPS) is 10.5. The van der Waals surface area contributed by atoms with Crippen molar-refractivity contribution in [2.45, 2.75) is 6.54 Å². The predicted octanol–water partition coefficient (Wildman–Crippen LogP) is 4.50. The molecule has 0 aliphatic carbocycles. The first-order valence-corrected chi connectivity index (χ1v) is 8.24. The average molecular weight is 376 g/mol. The molecule has 0 saturated carbocycles. The fourth-order valence-electron chi connectivity index (χ4n) is 2.37. The van der Waals surface area contributed by atoms with Crippen molar-refractivity contribution in [2.24, 2.45) is 0 Å². The molecule has 1 amide bonds. The molecule has 0 fully saturated rings. The Morgan fingerprint density at radius 3 is 2.68 bits per heavy atom. The standard InChI is InChI=1S/C18H15Cl2N3O2/c1-25-16-8-7-13(19)9-14(16)18(24)21-17-15(20)11-23(22-17)10-12-5-3-2-4-6-12/h2-9,11H,10H2,1H3,(H,21,22,24). The molecule has 3 rings (SSSR count). The van der Waals surface area contributed by atoms with Crippen LogP contribution in [0.15, 0.2) is 54.7 Å². The summed E-state index contributed by atoms with van der Waals surface area (Å²) in [5.41, 5.74) is 1.39. The number of methoxy groups -OCH3 is 1. The van der Waals surface area contributed by atoms with E-state index in [1.165, 1.54) is 13.2 Å². The van der Waals surface area contributed by atoms with Gasteiger partial charge >= 0.3 is 0 Å². The Morgan fingerprint density at radius 1 is 1.20 bits per heavy atom. The molecule has 0 aliphatic rings. The molecule has 7 heteroatoms. The molecule has 5 nitrogen and oxygen atoms in total. The van der Waals surface area contributed by atoms with E-state index in [1.54, 1.807) is 23.0 Å². The van der Waals surface area contributed by atoms with Crippen LogP contribution < -0.4 is 10.1 Å². The largest absolute Gasteiger partial charge is 0.496 e. The lowest BCUT2D eigenvalue weighted by molar-refractivity contribution is 0.102. The van der Waals surface area contributed by atoms with E-state index < -0.39 is 5.91 Å². The van der Waals surface area contributed by atoms with Crippen LogP contribution in [-0.2, 0) is 6.54 Å². The van der Waals surface area contributed by atoms with Gasteiger partial charge in [-0.2, -0.15) is 5.10 Å². The molecule has 0 aliphatic heterocycles. The summed E-state index contributed by atoms with van der Waals surface area (Å²) in [6, 6.07) is 14.7. The number of carbonyl (C=O) groups excluding carboxylic acids is 1. The van der Waals surface area contributed by atoms with Crippen LogP contribution in [0.1, 0.15) is 15.9 Å². The van der Waals surface area contributed by atoms with Crippen molar-refractivity contribution < 1.29 is 9.53 Å². The van der Waals surface area contributed by atoms with E-state index in [0.29, 0.717) is 27.9 Å². The molecular weight excluding hydrogens is 361 g/mol. The number of hydrogen-bond donors (Lipinski definition) is 1. The van der Waals surface area contributed by atoms with Gasteiger partial charge in [-0.15, -0.1) is 0 Å².